The largest absolute Gasteiger partial charge is 0.462 e. The molecule has 3 aromatic rings. The van der Waals surface area contributed by atoms with Crippen LogP contribution < -0.4 is 10.6 Å². The van der Waals surface area contributed by atoms with Crippen molar-refractivity contribution in [2.24, 2.45) is 5.73 Å². The fourth-order valence-electron chi connectivity index (χ4n) is 3.20. The minimum absolute atomic E-state index is 0.161. The van der Waals surface area contributed by atoms with Crippen LogP contribution in [0.15, 0.2) is 18.6 Å². The van der Waals surface area contributed by atoms with Gasteiger partial charge in [-0.2, -0.15) is 0 Å². The maximum absolute atomic E-state index is 12.2. The zero-order valence-electron chi connectivity index (χ0n) is 18.2. The van der Waals surface area contributed by atoms with Gasteiger partial charge in [-0.25, -0.2) is 9.78 Å². The Kier molecular flexibility index (Phi) is 8.65. The molecule has 3 N–H and O–H groups in total. The number of rotatable bonds is 5. The fraction of sp³-hybridized carbons (Fsp3) is 0.381. The van der Waals surface area contributed by atoms with Crippen LogP contribution in [0.25, 0.3) is 11.4 Å². The minimum atomic E-state index is -0.606. The summed E-state index contributed by atoms with van der Waals surface area (Å²) in [5, 5.41) is 1.40. The highest BCUT2D eigenvalue weighted by Gasteiger charge is 2.24. The van der Waals surface area contributed by atoms with E-state index in [9.17, 15) is 9.59 Å². The van der Waals surface area contributed by atoms with Crippen molar-refractivity contribution in [3.63, 3.8) is 0 Å². The van der Waals surface area contributed by atoms with E-state index >= 15 is 0 Å². The molecule has 176 valence electrons. The topological polar surface area (TPSA) is 127 Å². The van der Waals surface area contributed by atoms with Gasteiger partial charge in [0, 0.05) is 31.2 Å². The second kappa shape index (κ2) is 11.4. The van der Waals surface area contributed by atoms with Crippen LogP contribution in [0.5, 0.6) is 0 Å². The van der Waals surface area contributed by atoms with E-state index in [-0.39, 0.29) is 16.7 Å². The van der Waals surface area contributed by atoms with E-state index in [0.29, 0.717) is 33.6 Å². The molecule has 0 radical (unpaired) electrons. The number of nitrogens with zero attached hydrogens (tertiary/aromatic N) is 4. The number of anilines is 1. The number of primary amides is 1. The average Bonchev–Trinajstić information content (AvgIpc) is 3.39. The van der Waals surface area contributed by atoms with Crippen LogP contribution in [-0.2, 0) is 4.74 Å². The number of esters is 1. The first kappa shape index (κ1) is 24.9. The summed E-state index contributed by atoms with van der Waals surface area (Å²) in [6.45, 7) is 5.81. The van der Waals surface area contributed by atoms with E-state index < -0.39 is 5.91 Å². The number of ether oxygens (including phenoxy) is 1. The van der Waals surface area contributed by atoms with Crippen molar-refractivity contribution in [2.75, 3.05) is 24.6 Å². The quantitative estimate of drug-likeness (QED) is 0.483. The number of nitrogens with one attached hydrogen (secondary N) is 1. The lowest BCUT2D eigenvalue weighted by Crippen LogP contribution is -2.29. The zero-order valence-corrected chi connectivity index (χ0v) is 20.6. The molecule has 12 heteroatoms. The molecule has 1 saturated heterocycles. The van der Waals surface area contributed by atoms with Gasteiger partial charge in [0.2, 0.25) is 0 Å². The van der Waals surface area contributed by atoms with Crippen LogP contribution in [0, 0.1) is 6.92 Å². The van der Waals surface area contributed by atoms with Gasteiger partial charge >= 0.3 is 5.97 Å². The van der Waals surface area contributed by atoms with Crippen molar-refractivity contribution >= 4 is 51.5 Å². The normalized spacial score (nSPS) is 13.3. The minimum Gasteiger partial charge on any atom is -0.462 e. The molecular weight excluding hydrogens is 487 g/mol. The Labute approximate surface area is 205 Å². The first-order chi connectivity index (χ1) is 15.8. The number of hydrogen-bond donors (Lipinski definition) is 2. The maximum Gasteiger partial charge on any atom is 0.350 e. The van der Waals surface area contributed by atoms with Gasteiger partial charge in [-0.3, -0.25) is 14.8 Å². The molecule has 1 aliphatic heterocycles. The second-order valence-corrected chi connectivity index (χ2v) is 8.88. The molecule has 1 aliphatic rings. The lowest BCUT2D eigenvalue weighted by atomic mass is 10.1. The third kappa shape index (κ3) is 6.01. The highest BCUT2D eigenvalue weighted by molar-refractivity contribution is 7.17. The van der Waals surface area contributed by atoms with Crippen LogP contribution in [-0.4, -0.2) is 51.5 Å². The Hall–Kier alpha value is -2.69. The first-order valence-corrected chi connectivity index (χ1v) is 11.9. The molecule has 0 bridgehead atoms. The molecule has 3 aromatic heterocycles. The molecule has 9 nitrogen and oxygen atoms in total. The Morgan fingerprint density at radius 2 is 1.94 bits per heavy atom. The van der Waals surface area contributed by atoms with E-state index in [2.05, 4.69) is 24.8 Å². The third-order valence-corrected chi connectivity index (χ3v) is 6.85. The number of carbonyl (C=O) groups is 2. The summed E-state index contributed by atoms with van der Waals surface area (Å²) < 4.78 is 5.16. The highest BCUT2D eigenvalue weighted by atomic mass is 35.5. The molecule has 0 unspecified atom stereocenters. The predicted molar refractivity (Wildman–Crippen MR) is 129 cm³/mol. The molecule has 4 rings (SSSR count). The summed E-state index contributed by atoms with van der Waals surface area (Å²) in [6.07, 6.45) is 8.40. The van der Waals surface area contributed by atoms with Crippen molar-refractivity contribution in [3.05, 3.63) is 44.9 Å². The number of piperidine rings is 1. The average molecular weight is 511 g/mol. The number of aromatic amines is 1. The number of carbonyl (C=O) groups excluding carboxylic acids is 2. The first-order valence-electron chi connectivity index (χ1n) is 10.4. The van der Waals surface area contributed by atoms with Gasteiger partial charge in [0.15, 0.2) is 5.13 Å². The van der Waals surface area contributed by atoms with E-state index in [0.717, 1.165) is 31.1 Å². The molecule has 0 saturated carbocycles. The molecule has 1 amide bonds. The number of aryl methyl sites for hydroxylation is 1. The Morgan fingerprint density at radius 1 is 1.21 bits per heavy atom. The van der Waals surface area contributed by atoms with Crippen molar-refractivity contribution < 1.29 is 14.3 Å². The SMILES string of the molecule is CCOC(=O)c1sc(N2CCCCC2)nc1-c1cnccn1.Cc1[nH]c(C(N)=O)c(Cl)c1Cl. The molecule has 0 atom stereocenters. The van der Waals surface area contributed by atoms with Crippen molar-refractivity contribution in [1.29, 1.82) is 0 Å². The third-order valence-electron chi connectivity index (χ3n) is 4.81. The van der Waals surface area contributed by atoms with Gasteiger partial charge in [0.05, 0.1) is 22.8 Å². The fourth-order valence-corrected chi connectivity index (χ4v) is 4.64. The van der Waals surface area contributed by atoms with Crippen molar-refractivity contribution in [1.82, 2.24) is 19.9 Å². The molecule has 0 spiro atoms. The number of nitrogens with two attached hydrogens (primary N) is 1. The summed E-state index contributed by atoms with van der Waals surface area (Å²) in [6, 6.07) is 0. The molecule has 33 heavy (non-hydrogen) atoms. The van der Waals surface area contributed by atoms with E-state index in [1.54, 1.807) is 32.4 Å². The Bertz CT molecular complexity index is 1110. The molecule has 4 heterocycles. The summed E-state index contributed by atoms with van der Waals surface area (Å²) >= 11 is 12.7. The van der Waals surface area contributed by atoms with Crippen LogP contribution in [0.4, 0.5) is 5.13 Å². The summed E-state index contributed by atoms with van der Waals surface area (Å²) in [5.41, 5.74) is 6.96. The molecule has 0 aromatic carbocycles. The van der Waals surface area contributed by atoms with Gasteiger partial charge in [-0.15, -0.1) is 0 Å². The smallest absolute Gasteiger partial charge is 0.350 e. The van der Waals surface area contributed by atoms with Gasteiger partial charge < -0.3 is 20.4 Å². The highest BCUT2D eigenvalue weighted by Crippen LogP contribution is 2.34. The van der Waals surface area contributed by atoms with Crippen molar-refractivity contribution in [2.45, 2.75) is 33.1 Å². The van der Waals surface area contributed by atoms with Crippen molar-refractivity contribution in [3.8, 4) is 11.4 Å². The maximum atomic E-state index is 12.2. The number of aromatic nitrogens is 4. The number of thiazole rings is 1. The number of amides is 1. The lowest BCUT2D eigenvalue weighted by molar-refractivity contribution is 0.0532. The van der Waals surface area contributed by atoms with E-state index in [1.807, 2.05) is 0 Å². The zero-order chi connectivity index (χ0) is 24.0. The van der Waals surface area contributed by atoms with Gasteiger partial charge in [-0.1, -0.05) is 34.5 Å². The second-order valence-electron chi connectivity index (χ2n) is 7.15. The number of halogens is 2. The summed E-state index contributed by atoms with van der Waals surface area (Å²) in [4.78, 5) is 41.2. The van der Waals surface area contributed by atoms with E-state index in [1.165, 1.54) is 17.8 Å². The predicted octanol–water partition coefficient (Wildman–Crippen LogP) is 4.50. The summed E-state index contributed by atoms with van der Waals surface area (Å²) in [7, 11) is 0. The molecule has 0 aliphatic carbocycles. The van der Waals surface area contributed by atoms with Gasteiger partial charge in [0.1, 0.15) is 22.0 Å². The Morgan fingerprint density at radius 3 is 2.45 bits per heavy atom. The van der Waals surface area contributed by atoms with Crippen LogP contribution in [0.2, 0.25) is 10.0 Å². The molecule has 1 fully saturated rings. The summed E-state index contributed by atoms with van der Waals surface area (Å²) in [5.74, 6) is -0.950. The van der Waals surface area contributed by atoms with Crippen LogP contribution >= 0.6 is 34.5 Å². The standard InChI is InChI=1S/C15H18N4O2S.C6H6Cl2N2O/c1-2-21-14(20)13-12(11-10-16-6-7-17-11)18-15(22-13)19-8-4-3-5-9-19;1-2-3(7)4(8)5(10-2)6(9)11/h6-7,10H,2-5,8-9H2,1H3;10H,1H3,(H2,9,11). The van der Waals surface area contributed by atoms with Gasteiger partial charge in [-0.05, 0) is 33.1 Å². The lowest BCUT2D eigenvalue weighted by Gasteiger charge is -2.25. The molecular formula is C21H24Cl2N6O3S. The number of H-pyrrole nitrogens is 1. The Balaban J connectivity index is 0.000000235. The van der Waals surface area contributed by atoms with Crippen LogP contribution in [0.3, 0.4) is 0 Å². The van der Waals surface area contributed by atoms with Crippen LogP contribution in [0.1, 0.15) is 52.0 Å². The number of hydrogen-bond acceptors (Lipinski definition) is 8. The van der Waals surface area contributed by atoms with Gasteiger partial charge in [0.25, 0.3) is 5.91 Å². The van der Waals surface area contributed by atoms with E-state index in [4.69, 9.17) is 33.7 Å². The monoisotopic (exact) mass is 510 g/mol.